The van der Waals surface area contributed by atoms with Crippen molar-refractivity contribution in [1.82, 2.24) is 15.1 Å². The molecular formula is C15H18N4O2S2. The number of carbonyl (C=O) groups is 1. The second-order valence-electron chi connectivity index (χ2n) is 5.79. The lowest BCUT2D eigenvalue weighted by molar-refractivity contribution is -0.145. The molecule has 0 saturated carbocycles. The van der Waals surface area contributed by atoms with Gasteiger partial charge in [-0.3, -0.25) is 4.79 Å². The van der Waals surface area contributed by atoms with Crippen molar-refractivity contribution in [2.24, 2.45) is 0 Å². The van der Waals surface area contributed by atoms with Crippen LogP contribution in [0.2, 0.25) is 0 Å². The molecule has 0 spiro atoms. The van der Waals surface area contributed by atoms with E-state index in [2.05, 4.69) is 26.5 Å². The van der Waals surface area contributed by atoms with Gasteiger partial charge in [-0.15, -0.1) is 21.5 Å². The summed E-state index contributed by atoms with van der Waals surface area (Å²) in [6.07, 6.45) is 0.540. The quantitative estimate of drug-likeness (QED) is 0.825. The molecule has 2 aliphatic rings. The highest BCUT2D eigenvalue weighted by Gasteiger charge is 2.33. The Balaban J connectivity index is 1.44. The first-order valence-electron chi connectivity index (χ1n) is 7.71. The minimum absolute atomic E-state index is 0.0905. The Kier molecular flexibility index (Phi) is 4.04. The van der Waals surface area contributed by atoms with Crippen molar-refractivity contribution in [3.05, 3.63) is 26.9 Å². The third-order valence-electron chi connectivity index (χ3n) is 4.25. The summed E-state index contributed by atoms with van der Waals surface area (Å²) in [5, 5.41) is 12.2. The summed E-state index contributed by atoms with van der Waals surface area (Å²) in [6, 6.07) is 2.12. The second-order valence-corrected chi connectivity index (χ2v) is 7.95. The molecular weight excluding hydrogens is 332 g/mol. The molecule has 23 heavy (non-hydrogen) atoms. The minimum atomic E-state index is -0.409. The molecule has 1 saturated heterocycles. The number of thiophene rings is 1. The van der Waals surface area contributed by atoms with Crippen LogP contribution in [0, 0.1) is 6.92 Å². The van der Waals surface area contributed by atoms with Gasteiger partial charge in [0, 0.05) is 24.5 Å². The Bertz CT molecular complexity index is 714. The average molecular weight is 350 g/mol. The number of hydrogen-bond donors (Lipinski definition) is 0. The van der Waals surface area contributed by atoms with E-state index >= 15 is 0 Å². The number of nitrogens with zero attached hydrogens (tertiary/aromatic N) is 4. The first kappa shape index (κ1) is 15.0. The molecule has 8 heteroatoms. The third kappa shape index (κ3) is 2.98. The van der Waals surface area contributed by atoms with Gasteiger partial charge < -0.3 is 14.5 Å². The van der Waals surface area contributed by atoms with E-state index in [9.17, 15) is 4.79 Å². The lowest BCUT2D eigenvalue weighted by atomic mass is 10.1. The molecule has 0 N–H and O–H groups in total. The normalized spacial score (nSPS) is 21.3. The van der Waals surface area contributed by atoms with Gasteiger partial charge in [0.15, 0.2) is 6.10 Å². The summed E-state index contributed by atoms with van der Waals surface area (Å²) in [6.45, 7) is 5.29. The highest BCUT2D eigenvalue weighted by atomic mass is 32.1. The molecule has 2 aromatic heterocycles. The molecule has 1 amide bonds. The number of rotatable bonds is 2. The number of amides is 1. The summed E-state index contributed by atoms with van der Waals surface area (Å²) >= 11 is 3.34. The predicted octanol–water partition coefficient (Wildman–Crippen LogP) is 1.70. The molecule has 1 fully saturated rings. The number of morpholine rings is 1. The van der Waals surface area contributed by atoms with Gasteiger partial charge >= 0.3 is 0 Å². The van der Waals surface area contributed by atoms with Crippen LogP contribution in [0.25, 0.3) is 0 Å². The van der Waals surface area contributed by atoms with Crippen LogP contribution in [0.15, 0.2) is 11.4 Å². The topological polar surface area (TPSA) is 58.6 Å². The fourth-order valence-corrected chi connectivity index (χ4v) is 4.64. The Labute approximate surface area is 142 Å². The van der Waals surface area contributed by atoms with E-state index in [0.29, 0.717) is 19.7 Å². The van der Waals surface area contributed by atoms with Gasteiger partial charge in [0.1, 0.15) is 5.01 Å². The Morgan fingerprint density at radius 1 is 1.39 bits per heavy atom. The van der Waals surface area contributed by atoms with E-state index in [0.717, 1.165) is 29.6 Å². The van der Waals surface area contributed by atoms with Crippen LogP contribution in [-0.2, 0) is 22.5 Å². The fraction of sp³-hybridized carbons (Fsp3) is 0.533. The summed E-state index contributed by atoms with van der Waals surface area (Å²) in [4.78, 5) is 18.3. The zero-order valence-electron chi connectivity index (χ0n) is 12.9. The van der Waals surface area contributed by atoms with Crippen molar-refractivity contribution < 1.29 is 9.53 Å². The predicted molar refractivity (Wildman–Crippen MR) is 90.0 cm³/mol. The van der Waals surface area contributed by atoms with Crippen molar-refractivity contribution in [2.45, 2.75) is 26.0 Å². The fourth-order valence-electron chi connectivity index (χ4n) is 3.03. The number of carbonyl (C=O) groups excluding carboxylic acids is 1. The zero-order valence-corrected chi connectivity index (χ0v) is 14.5. The average Bonchev–Trinajstić information content (AvgIpc) is 3.22. The van der Waals surface area contributed by atoms with Crippen molar-refractivity contribution in [2.75, 3.05) is 31.1 Å². The third-order valence-corrected chi connectivity index (χ3v) is 6.17. The van der Waals surface area contributed by atoms with Crippen LogP contribution in [0.4, 0.5) is 5.13 Å². The van der Waals surface area contributed by atoms with Crippen molar-refractivity contribution in [1.29, 1.82) is 0 Å². The maximum Gasteiger partial charge on any atom is 0.253 e. The minimum Gasteiger partial charge on any atom is -0.365 e. The molecule has 2 aliphatic heterocycles. The van der Waals surface area contributed by atoms with Crippen molar-refractivity contribution in [3.63, 3.8) is 0 Å². The number of fused-ring (bicyclic) bond motifs is 1. The molecule has 4 heterocycles. The van der Waals surface area contributed by atoms with Gasteiger partial charge in [0.25, 0.3) is 5.91 Å². The van der Waals surface area contributed by atoms with Gasteiger partial charge in [-0.05, 0) is 30.4 Å². The maximum atomic E-state index is 12.8. The zero-order chi connectivity index (χ0) is 15.8. The smallest absolute Gasteiger partial charge is 0.253 e. The molecule has 0 aliphatic carbocycles. The maximum absolute atomic E-state index is 12.8. The van der Waals surface area contributed by atoms with E-state index in [1.54, 1.807) is 22.7 Å². The van der Waals surface area contributed by atoms with Crippen LogP contribution in [0.1, 0.15) is 15.4 Å². The van der Waals surface area contributed by atoms with Crippen LogP contribution >= 0.6 is 22.7 Å². The number of aryl methyl sites for hydroxylation is 1. The highest BCUT2D eigenvalue weighted by Crippen LogP contribution is 2.26. The van der Waals surface area contributed by atoms with Gasteiger partial charge in [0.2, 0.25) is 5.13 Å². The van der Waals surface area contributed by atoms with E-state index in [4.69, 9.17) is 4.74 Å². The van der Waals surface area contributed by atoms with Gasteiger partial charge in [-0.2, -0.15) is 0 Å². The summed E-state index contributed by atoms with van der Waals surface area (Å²) < 4.78 is 5.75. The number of anilines is 1. The van der Waals surface area contributed by atoms with Gasteiger partial charge in [0.05, 0.1) is 13.2 Å². The SMILES string of the molecule is Cc1nnc(N2CCOC(C(=O)N3CCc4sccc4C3)C2)s1. The van der Waals surface area contributed by atoms with Crippen molar-refractivity contribution >= 4 is 33.7 Å². The van der Waals surface area contributed by atoms with E-state index in [1.807, 2.05) is 11.8 Å². The monoisotopic (exact) mass is 350 g/mol. The molecule has 0 bridgehead atoms. The molecule has 0 radical (unpaired) electrons. The first-order valence-corrected chi connectivity index (χ1v) is 9.41. The van der Waals surface area contributed by atoms with Crippen LogP contribution < -0.4 is 4.90 Å². The standard InChI is InChI=1S/C15H18N4O2S2/c1-10-16-17-15(23-10)19-5-6-21-12(9-19)14(20)18-4-2-13-11(8-18)3-7-22-13/h3,7,12H,2,4-6,8-9H2,1H3. The van der Waals surface area contributed by atoms with Gasteiger partial charge in [-0.25, -0.2) is 0 Å². The highest BCUT2D eigenvalue weighted by molar-refractivity contribution is 7.15. The molecule has 0 aromatic carbocycles. The van der Waals surface area contributed by atoms with Crippen LogP contribution in [0.3, 0.4) is 0 Å². The first-order chi connectivity index (χ1) is 11.2. The summed E-state index contributed by atoms with van der Waals surface area (Å²) in [5.41, 5.74) is 1.28. The van der Waals surface area contributed by atoms with Crippen molar-refractivity contribution in [3.8, 4) is 0 Å². The second kappa shape index (κ2) is 6.18. The molecule has 122 valence electrons. The molecule has 1 unspecified atom stereocenters. The van der Waals surface area contributed by atoms with E-state index < -0.39 is 6.10 Å². The Morgan fingerprint density at radius 2 is 2.30 bits per heavy atom. The van der Waals surface area contributed by atoms with Crippen LogP contribution in [0.5, 0.6) is 0 Å². The lowest BCUT2D eigenvalue weighted by Gasteiger charge is -2.35. The summed E-state index contributed by atoms with van der Waals surface area (Å²) in [7, 11) is 0. The molecule has 6 nitrogen and oxygen atoms in total. The molecule has 1 atom stereocenters. The number of hydrogen-bond acceptors (Lipinski definition) is 7. The lowest BCUT2D eigenvalue weighted by Crippen LogP contribution is -2.52. The van der Waals surface area contributed by atoms with E-state index in [-0.39, 0.29) is 5.91 Å². The number of ether oxygens (including phenoxy) is 1. The molecule has 2 aromatic rings. The Morgan fingerprint density at radius 3 is 3.13 bits per heavy atom. The van der Waals surface area contributed by atoms with E-state index in [1.165, 1.54) is 10.4 Å². The Hall–Kier alpha value is -1.51. The number of aromatic nitrogens is 2. The summed E-state index contributed by atoms with van der Waals surface area (Å²) in [5.74, 6) is 0.0905. The molecule has 4 rings (SSSR count). The largest absolute Gasteiger partial charge is 0.365 e. The van der Waals surface area contributed by atoms with Gasteiger partial charge in [-0.1, -0.05) is 11.3 Å². The van der Waals surface area contributed by atoms with Crippen LogP contribution in [-0.4, -0.2) is 53.3 Å².